The maximum absolute atomic E-state index is 11.4. The van der Waals surface area contributed by atoms with Crippen LogP contribution >= 0.6 is 0 Å². The predicted octanol–water partition coefficient (Wildman–Crippen LogP) is 0.781. The highest BCUT2D eigenvalue weighted by atomic mass is 16.2. The van der Waals surface area contributed by atoms with Gasteiger partial charge in [-0.3, -0.25) is 4.79 Å². The molecule has 0 unspecified atom stereocenters. The molecule has 0 aliphatic carbocycles. The lowest BCUT2D eigenvalue weighted by atomic mass is 10.1. The van der Waals surface area contributed by atoms with Gasteiger partial charge in [-0.25, -0.2) is 0 Å². The molecule has 1 rings (SSSR count). The molecule has 0 saturated carbocycles. The summed E-state index contributed by atoms with van der Waals surface area (Å²) in [5.41, 5.74) is 7.67. The van der Waals surface area contributed by atoms with Crippen LogP contribution in [0.1, 0.15) is 24.5 Å². The second kappa shape index (κ2) is 6.81. The van der Waals surface area contributed by atoms with E-state index in [1.807, 2.05) is 24.3 Å². The topological polar surface area (TPSA) is 72.2 Å². The number of aldehydes is 1. The maximum atomic E-state index is 11.4. The van der Waals surface area contributed by atoms with E-state index in [2.05, 4.69) is 5.32 Å². The van der Waals surface area contributed by atoms with E-state index in [4.69, 9.17) is 5.73 Å². The summed E-state index contributed by atoms with van der Waals surface area (Å²) in [4.78, 5) is 21.8. The normalized spacial score (nSPS) is 11.9. The molecule has 3 N–H and O–H groups in total. The second-order valence-corrected chi connectivity index (χ2v) is 4.01. The standard InChI is InChI=1S/C13H18N2O2/c1-10(9-16)15-13(17)7-6-11-2-4-12(8-14)5-3-11/h2-5,9-10H,6-8,14H2,1H3,(H,15,17)/t10-/m0/s1. The Balaban J connectivity index is 2.39. The van der Waals surface area contributed by atoms with E-state index in [0.29, 0.717) is 25.7 Å². The van der Waals surface area contributed by atoms with E-state index in [9.17, 15) is 9.59 Å². The average molecular weight is 234 g/mol. The highest BCUT2D eigenvalue weighted by Crippen LogP contribution is 2.06. The third-order valence-corrected chi connectivity index (χ3v) is 2.49. The third-order valence-electron chi connectivity index (χ3n) is 2.49. The molecular formula is C13H18N2O2. The number of amides is 1. The summed E-state index contributed by atoms with van der Waals surface area (Å²) >= 11 is 0. The van der Waals surface area contributed by atoms with Gasteiger partial charge in [0.15, 0.2) is 0 Å². The van der Waals surface area contributed by atoms with Gasteiger partial charge in [0, 0.05) is 13.0 Å². The van der Waals surface area contributed by atoms with Crippen LogP contribution in [0.4, 0.5) is 0 Å². The smallest absolute Gasteiger partial charge is 0.220 e. The molecule has 4 heteroatoms. The molecule has 1 atom stereocenters. The highest BCUT2D eigenvalue weighted by Gasteiger charge is 2.05. The Hall–Kier alpha value is -1.68. The lowest BCUT2D eigenvalue weighted by Crippen LogP contribution is -2.33. The highest BCUT2D eigenvalue weighted by molar-refractivity contribution is 5.79. The molecule has 0 saturated heterocycles. The summed E-state index contributed by atoms with van der Waals surface area (Å²) in [5, 5.41) is 2.60. The number of hydrogen-bond donors (Lipinski definition) is 2. The molecular weight excluding hydrogens is 216 g/mol. The Labute approximate surface area is 101 Å². The molecule has 1 aromatic carbocycles. The fraction of sp³-hybridized carbons (Fsp3) is 0.385. The lowest BCUT2D eigenvalue weighted by molar-refractivity contribution is -0.123. The van der Waals surface area contributed by atoms with Gasteiger partial charge in [0.05, 0.1) is 6.04 Å². The molecule has 0 aromatic heterocycles. The molecule has 92 valence electrons. The molecule has 0 aliphatic heterocycles. The van der Waals surface area contributed by atoms with Gasteiger partial charge in [-0.05, 0) is 24.5 Å². The van der Waals surface area contributed by atoms with Crippen molar-refractivity contribution in [3.8, 4) is 0 Å². The van der Waals surface area contributed by atoms with Gasteiger partial charge >= 0.3 is 0 Å². The van der Waals surface area contributed by atoms with E-state index < -0.39 is 6.04 Å². The summed E-state index contributed by atoms with van der Waals surface area (Å²) in [5.74, 6) is -0.104. The molecule has 0 spiro atoms. The SMILES string of the molecule is C[C@@H](C=O)NC(=O)CCc1ccc(CN)cc1. The number of benzene rings is 1. The van der Waals surface area contributed by atoms with Crippen molar-refractivity contribution >= 4 is 12.2 Å². The third kappa shape index (κ3) is 4.78. The van der Waals surface area contributed by atoms with Gasteiger partial charge in [-0.2, -0.15) is 0 Å². The lowest BCUT2D eigenvalue weighted by Gasteiger charge is -2.07. The summed E-state index contributed by atoms with van der Waals surface area (Å²) < 4.78 is 0. The van der Waals surface area contributed by atoms with E-state index in [0.717, 1.165) is 11.1 Å². The van der Waals surface area contributed by atoms with Crippen molar-refractivity contribution in [1.29, 1.82) is 0 Å². The van der Waals surface area contributed by atoms with Gasteiger partial charge < -0.3 is 15.8 Å². The molecule has 0 fully saturated rings. The minimum absolute atomic E-state index is 0.104. The van der Waals surface area contributed by atoms with Crippen LogP contribution in [0.25, 0.3) is 0 Å². The van der Waals surface area contributed by atoms with E-state index in [1.54, 1.807) is 6.92 Å². The number of rotatable bonds is 6. The zero-order valence-corrected chi connectivity index (χ0v) is 9.98. The molecule has 17 heavy (non-hydrogen) atoms. The summed E-state index contributed by atoms with van der Waals surface area (Å²) in [7, 11) is 0. The van der Waals surface area contributed by atoms with Crippen LogP contribution < -0.4 is 11.1 Å². The first kappa shape index (κ1) is 13.4. The van der Waals surface area contributed by atoms with E-state index in [1.165, 1.54) is 0 Å². The monoisotopic (exact) mass is 234 g/mol. The first-order valence-electron chi connectivity index (χ1n) is 5.68. The van der Waals surface area contributed by atoms with Gasteiger partial charge in [-0.15, -0.1) is 0 Å². The summed E-state index contributed by atoms with van der Waals surface area (Å²) in [6, 6.07) is 7.45. The van der Waals surface area contributed by atoms with Crippen LogP contribution in [-0.4, -0.2) is 18.2 Å². The van der Waals surface area contributed by atoms with Crippen molar-refractivity contribution in [3.63, 3.8) is 0 Å². The van der Waals surface area contributed by atoms with Gasteiger partial charge in [0.25, 0.3) is 0 Å². The van der Waals surface area contributed by atoms with E-state index in [-0.39, 0.29) is 5.91 Å². The first-order valence-corrected chi connectivity index (χ1v) is 5.68. The molecule has 1 amide bonds. The Morgan fingerprint density at radius 2 is 1.94 bits per heavy atom. The van der Waals surface area contributed by atoms with Gasteiger partial charge in [-0.1, -0.05) is 24.3 Å². The quantitative estimate of drug-likeness (QED) is 0.714. The molecule has 1 aromatic rings. The number of carbonyl (C=O) groups excluding carboxylic acids is 2. The van der Waals surface area contributed by atoms with Crippen molar-refractivity contribution in [2.45, 2.75) is 32.4 Å². The van der Waals surface area contributed by atoms with Crippen LogP contribution in [0.5, 0.6) is 0 Å². The fourth-order valence-electron chi connectivity index (χ4n) is 1.46. The summed E-state index contributed by atoms with van der Waals surface area (Å²) in [6.45, 7) is 2.18. The summed E-state index contributed by atoms with van der Waals surface area (Å²) in [6.07, 6.45) is 1.77. The van der Waals surface area contributed by atoms with Gasteiger partial charge in [0.2, 0.25) is 5.91 Å². The van der Waals surface area contributed by atoms with Crippen LogP contribution in [0.15, 0.2) is 24.3 Å². The first-order chi connectivity index (χ1) is 8.15. The predicted molar refractivity (Wildman–Crippen MR) is 66.3 cm³/mol. The van der Waals surface area contributed by atoms with Crippen LogP contribution in [-0.2, 0) is 22.6 Å². The second-order valence-electron chi connectivity index (χ2n) is 4.01. The average Bonchev–Trinajstić information content (AvgIpc) is 2.36. The zero-order chi connectivity index (χ0) is 12.7. The Kier molecular flexibility index (Phi) is 5.36. The Morgan fingerprint density at radius 3 is 2.47 bits per heavy atom. The number of aryl methyl sites for hydroxylation is 1. The van der Waals surface area contributed by atoms with Gasteiger partial charge in [0.1, 0.15) is 6.29 Å². The molecule has 0 heterocycles. The molecule has 0 aliphatic rings. The van der Waals surface area contributed by atoms with Crippen molar-refractivity contribution in [3.05, 3.63) is 35.4 Å². The number of carbonyl (C=O) groups is 2. The van der Waals surface area contributed by atoms with Crippen LogP contribution in [0.2, 0.25) is 0 Å². The van der Waals surface area contributed by atoms with Crippen LogP contribution in [0, 0.1) is 0 Å². The van der Waals surface area contributed by atoms with E-state index >= 15 is 0 Å². The maximum Gasteiger partial charge on any atom is 0.220 e. The fourth-order valence-corrected chi connectivity index (χ4v) is 1.46. The van der Waals surface area contributed by atoms with Crippen LogP contribution in [0.3, 0.4) is 0 Å². The largest absolute Gasteiger partial charge is 0.347 e. The number of nitrogens with two attached hydrogens (primary N) is 1. The minimum atomic E-state index is -0.415. The number of nitrogens with one attached hydrogen (secondary N) is 1. The van der Waals surface area contributed by atoms with Crippen molar-refractivity contribution in [1.82, 2.24) is 5.32 Å². The van der Waals surface area contributed by atoms with Crippen molar-refractivity contribution in [2.24, 2.45) is 5.73 Å². The Bertz CT molecular complexity index is 374. The molecule has 0 bridgehead atoms. The molecule has 0 radical (unpaired) electrons. The minimum Gasteiger partial charge on any atom is -0.347 e. The molecule has 4 nitrogen and oxygen atoms in total. The van der Waals surface area contributed by atoms with Crippen molar-refractivity contribution < 1.29 is 9.59 Å². The number of hydrogen-bond acceptors (Lipinski definition) is 3. The zero-order valence-electron chi connectivity index (χ0n) is 9.98. The van der Waals surface area contributed by atoms with Crippen molar-refractivity contribution in [2.75, 3.05) is 0 Å². The Morgan fingerprint density at radius 1 is 1.35 bits per heavy atom.